The van der Waals surface area contributed by atoms with E-state index in [0.717, 1.165) is 24.3 Å². The first-order chi connectivity index (χ1) is 9.59. The maximum Gasteiger partial charge on any atom is 0.252 e. The van der Waals surface area contributed by atoms with E-state index in [-0.39, 0.29) is 0 Å². The van der Waals surface area contributed by atoms with Gasteiger partial charge in [-0.25, -0.2) is 30.8 Å². The first-order valence-corrected chi connectivity index (χ1v) is 8.59. The largest absolute Gasteiger partial charge is 0.395 e. The first-order valence-electron chi connectivity index (χ1n) is 5.61. The smallest absolute Gasteiger partial charge is 0.252 e. The van der Waals surface area contributed by atoms with Crippen LogP contribution in [0.4, 0.5) is 8.78 Å². The molecule has 0 aromatic heterocycles. The number of hydrogen-bond acceptors (Lipinski definition) is 5. The van der Waals surface area contributed by atoms with Crippen LogP contribution in [0.5, 0.6) is 0 Å². The van der Waals surface area contributed by atoms with E-state index in [9.17, 15) is 25.6 Å². The highest BCUT2D eigenvalue weighted by atomic mass is 32.2. The van der Waals surface area contributed by atoms with Crippen molar-refractivity contribution in [3.05, 3.63) is 24.3 Å². The van der Waals surface area contributed by atoms with Crippen LogP contribution in [0.1, 0.15) is 0 Å². The molecule has 0 atom stereocenters. The highest BCUT2D eigenvalue weighted by Crippen LogP contribution is 2.19. The van der Waals surface area contributed by atoms with Gasteiger partial charge in [0.25, 0.3) is 6.43 Å². The summed E-state index contributed by atoms with van der Waals surface area (Å²) in [5.74, 6) is 0. The van der Waals surface area contributed by atoms with E-state index in [1.165, 1.54) is 0 Å². The van der Waals surface area contributed by atoms with Crippen molar-refractivity contribution < 1.29 is 30.7 Å². The van der Waals surface area contributed by atoms with E-state index in [1.54, 1.807) is 0 Å². The molecular formula is C10H14F2N2O5S2. The number of nitrogens with two attached hydrogens (primary N) is 1. The number of alkyl halides is 2. The predicted octanol–water partition coefficient (Wildman–Crippen LogP) is -0.418. The van der Waals surface area contributed by atoms with Gasteiger partial charge in [0.05, 0.1) is 22.9 Å². The highest BCUT2D eigenvalue weighted by molar-refractivity contribution is 7.90. The molecule has 0 aliphatic rings. The Bertz CT molecular complexity index is 691. The zero-order valence-electron chi connectivity index (χ0n) is 10.7. The second-order valence-corrected chi connectivity index (χ2v) is 7.50. The van der Waals surface area contributed by atoms with Gasteiger partial charge < -0.3 is 5.11 Å². The summed E-state index contributed by atoms with van der Waals surface area (Å²) in [7, 11) is -8.49. The SMILES string of the molecule is NS(=O)(=O)c1cccc(S(=O)(=O)N(CCO)CC(F)F)c1. The molecule has 0 aliphatic heterocycles. The van der Waals surface area contributed by atoms with E-state index < -0.39 is 56.0 Å². The molecule has 0 fully saturated rings. The molecule has 1 rings (SSSR count). The minimum absolute atomic E-state index is 0.375. The normalized spacial score (nSPS) is 13.0. The Kier molecular flexibility index (Phi) is 5.75. The van der Waals surface area contributed by atoms with Crippen molar-refractivity contribution in [1.82, 2.24) is 4.31 Å². The molecule has 0 unspecified atom stereocenters. The summed E-state index contributed by atoms with van der Waals surface area (Å²) >= 11 is 0. The zero-order valence-corrected chi connectivity index (χ0v) is 12.3. The summed E-state index contributed by atoms with van der Waals surface area (Å²) in [4.78, 5) is -0.951. The van der Waals surface area contributed by atoms with Crippen LogP contribution in [0, 0.1) is 0 Å². The Labute approximate surface area is 121 Å². The van der Waals surface area contributed by atoms with Gasteiger partial charge in [-0.1, -0.05) is 6.07 Å². The number of hydrogen-bond donors (Lipinski definition) is 2. The molecule has 1 aromatic carbocycles. The van der Waals surface area contributed by atoms with Crippen molar-refractivity contribution >= 4 is 20.0 Å². The monoisotopic (exact) mass is 344 g/mol. The summed E-state index contributed by atoms with van der Waals surface area (Å²) in [5, 5.41) is 13.7. The molecule has 7 nitrogen and oxygen atoms in total. The van der Waals surface area contributed by atoms with Crippen molar-refractivity contribution in [3.8, 4) is 0 Å². The second kappa shape index (κ2) is 6.75. The van der Waals surface area contributed by atoms with Gasteiger partial charge in [0, 0.05) is 6.54 Å². The molecule has 0 aliphatic carbocycles. The lowest BCUT2D eigenvalue weighted by molar-refractivity contribution is 0.113. The van der Waals surface area contributed by atoms with Crippen LogP contribution in [-0.4, -0.2) is 52.4 Å². The van der Waals surface area contributed by atoms with E-state index >= 15 is 0 Å². The van der Waals surface area contributed by atoms with Gasteiger partial charge >= 0.3 is 0 Å². The summed E-state index contributed by atoms with van der Waals surface area (Å²) in [6.45, 7) is -2.30. The van der Waals surface area contributed by atoms with Crippen LogP contribution < -0.4 is 5.14 Å². The number of benzene rings is 1. The standard InChI is InChI=1S/C10H14F2N2O5S2/c11-10(12)7-14(4-5-15)21(18,19)9-3-1-2-8(6-9)20(13,16)17/h1-3,6,10,15H,4-5,7H2,(H2,13,16,17). The number of halogens is 2. The predicted molar refractivity (Wildman–Crippen MR) is 69.7 cm³/mol. The van der Waals surface area contributed by atoms with Crippen LogP contribution in [0.3, 0.4) is 0 Å². The average Bonchev–Trinajstić information content (AvgIpc) is 2.37. The number of sulfonamides is 2. The Hall–Kier alpha value is -1.14. The number of primary sulfonamides is 1. The van der Waals surface area contributed by atoms with Crippen LogP contribution >= 0.6 is 0 Å². The fourth-order valence-electron chi connectivity index (χ4n) is 1.54. The maximum atomic E-state index is 12.4. The van der Waals surface area contributed by atoms with Crippen molar-refractivity contribution in [1.29, 1.82) is 0 Å². The lowest BCUT2D eigenvalue weighted by Gasteiger charge is -2.21. The number of nitrogens with zero attached hydrogens (tertiary/aromatic N) is 1. The van der Waals surface area contributed by atoms with Crippen LogP contribution in [0.15, 0.2) is 34.1 Å². The molecule has 0 amide bonds. The molecular weight excluding hydrogens is 330 g/mol. The van der Waals surface area contributed by atoms with Gasteiger partial charge in [0.2, 0.25) is 20.0 Å². The molecule has 0 saturated heterocycles. The molecule has 0 bridgehead atoms. The third kappa shape index (κ3) is 4.68. The van der Waals surface area contributed by atoms with Crippen molar-refractivity contribution in [3.63, 3.8) is 0 Å². The molecule has 1 aromatic rings. The fraction of sp³-hybridized carbons (Fsp3) is 0.400. The van der Waals surface area contributed by atoms with Gasteiger partial charge in [-0.3, -0.25) is 0 Å². The molecule has 0 radical (unpaired) electrons. The molecule has 21 heavy (non-hydrogen) atoms. The second-order valence-electron chi connectivity index (χ2n) is 4.00. The molecule has 0 heterocycles. The van der Waals surface area contributed by atoms with E-state index in [4.69, 9.17) is 10.2 Å². The van der Waals surface area contributed by atoms with Gasteiger partial charge in [0.1, 0.15) is 0 Å². The third-order valence-electron chi connectivity index (χ3n) is 2.46. The van der Waals surface area contributed by atoms with Crippen LogP contribution in [0.25, 0.3) is 0 Å². The fourth-order valence-corrected chi connectivity index (χ4v) is 3.63. The zero-order chi connectivity index (χ0) is 16.3. The third-order valence-corrected chi connectivity index (χ3v) is 5.23. The first kappa shape index (κ1) is 17.9. The maximum absolute atomic E-state index is 12.4. The van der Waals surface area contributed by atoms with Crippen LogP contribution in [0.2, 0.25) is 0 Å². The minimum Gasteiger partial charge on any atom is -0.395 e. The van der Waals surface area contributed by atoms with Crippen molar-refractivity contribution in [2.45, 2.75) is 16.2 Å². The van der Waals surface area contributed by atoms with E-state index in [2.05, 4.69) is 0 Å². The molecule has 120 valence electrons. The average molecular weight is 344 g/mol. The molecule has 0 saturated carbocycles. The summed E-state index contributed by atoms with van der Waals surface area (Å²) in [6.07, 6.45) is -2.94. The Balaban J connectivity index is 3.28. The Morgan fingerprint density at radius 1 is 1.19 bits per heavy atom. The van der Waals surface area contributed by atoms with Gasteiger partial charge in [-0.05, 0) is 18.2 Å². The quantitative estimate of drug-likeness (QED) is 0.697. The summed E-state index contributed by atoms with van der Waals surface area (Å²) in [6, 6.07) is 4.05. The Morgan fingerprint density at radius 2 is 1.76 bits per heavy atom. The number of aliphatic hydroxyl groups excluding tert-OH is 1. The minimum atomic E-state index is -4.37. The highest BCUT2D eigenvalue weighted by Gasteiger charge is 2.27. The number of aliphatic hydroxyl groups is 1. The molecule has 3 N–H and O–H groups in total. The summed E-state index contributed by atoms with van der Waals surface area (Å²) in [5.41, 5.74) is 0. The van der Waals surface area contributed by atoms with Gasteiger partial charge in [-0.2, -0.15) is 4.31 Å². The molecule has 0 spiro atoms. The van der Waals surface area contributed by atoms with Crippen molar-refractivity contribution in [2.75, 3.05) is 19.7 Å². The van der Waals surface area contributed by atoms with Crippen molar-refractivity contribution in [2.24, 2.45) is 5.14 Å². The van der Waals surface area contributed by atoms with Gasteiger partial charge in [0.15, 0.2) is 0 Å². The lowest BCUT2D eigenvalue weighted by Crippen LogP contribution is -2.37. The van der Waals surface area contributed by atoms with Gasteiger partial charge in [-0.15, -0.1) is 0 Å². The Morgan fingerprint density at radius 3 is 2.24 bits per heavy atom. The molecule has 11 heteroatoms. The lowest BCUT2D eigenvalue weighted by atomic mass is 10.4. The van der Waals surface area contributed by atoms with E-state index in [0.29, 0.717) is 4.31 Å². The van der Waals surface area contributed by atoms with E-state index in [1.807, 2.05) is 0 Å². The van der Waals surface area contributed by atoms with Crippen LogP contribution in [-0.2, 0) is 20.0 Å². The summed E-state index contributed by atoms with van der Waals surface area (Å²) < 4.78 is 72.0. The topological polar surface area (TPSA) is 118 Å². The number of rotatable bonds is 7.